The number of methoxy groups -OCH3 is 2. The van der Waals surface area contributed by atoms with Gasteiger partial charge in [-0.05, 0) is 41.8 Å². The third-order valence-electron chi connectivity index (χ3n) is 4.43. The molecule has 0 spiro atoms. The molecule has 3 rings (SSSR count). The zero-order chi connectivity index (χ0) is 16.2. The van der Waals surface area contributed by atoms with Crippen molar-refractivity contribution in [2.24, 2.45) is 0 Å². The normalized spacial score (nSPS) is 24.2. The predicted molar refractivity (Wildman–Crippen MR) is 88.0 cm³/mol. The summed E-state index contributed by atoms with van der Waals surface area (Å²) < 4.78 is 16.2. The molecule has 0 saturated carbocycles. The molecule has 122 valence electrons. The first-order valence-corrected chi connectivity index (χ1v) is 7.79. The van der Waals surface area contributed by atoms with Crippen LogP contribution in [0.2, 0.25) is 0 Å². The summed E-state index contributed by atoms with van der Waals surface area (Å²) in [5.41, 5.74) is 2.22. The second-order valence-corrected chi connectivity index (χ2v) is 5.78. The molecule has 2 aromatic carbocycles. The molecule has 1 heterocycles. The Bertz CT molecular complexity index is 621. The average molecular weight is 314 g/mol. The van der Waals surface area contributed by atoms with Crippen LogP contribution in [0.3, 0.4) is 0 Å². The van der Waals surface area contributed by atoms with Gasteiger partial charge in [-0.2, -0.15) is 0 Å². The molecule has 0 radical (unpaired) electrons. The summed E-state index contributed by atoms with van der Waals surface area (Å²) in [6, 6.07) is 15.8. The van der Waals surface area contributed by atoms with Crippen molar-refractivity contribution in [1.29, 1.82) is 0 Å². The van der Waals surface area contributed by atoms with Gasteiger partial charge in [0.25, 0.3) is 0 Å². The van der Waals surface area contributed by atoms with E-state index in [1.54, 1.807) is 14.2 Å². The lowest BCUT2D eigenvalue weighted by atomic mass is 9.84. The molecule has 0 amide bonds. The average Bonchev–Trinajstić information content (AvgIpc) is 2.62. The summed E-state index contributed by atoms with van der Waals surface area (Å²) in [4.78, 5) is 0. The van der Waals surface area contributed by atoms with Crippen LogP contribution in [-0.2, 0) is 4.74 Å². The van der Waals surface area contributed by atoms with Crippen LogP contribution < -0.4 is 9.47 Å². The lowest BCUT2D eigenvalue weighted by Gasteiger charge is -2.34. The SMILES string of the molecule is COc1ccc([C@H]2C[C@@H](c3ccc(OC)cc3)[C@H](O)CO2)cc1. The van der Waals surface area contributed by atoms with Gasteiger partial charge in [0.15, 0.2) is 0 Å². The fourth-order valence-corrected chi connectivity index (χ4v) is 3.05. The minimum atomic E-state index is -0.488. The maximum absolute atomic E-state index is 10.3. The first-order chi connectivity index (χ1) is 11.2. The van der Waals surface area contributed by atoms with E-state index in [1.165, 1.54) is 0 Å². The highest BCUT2D eigenvalue weighted by atomic mass is 16.5. The molecule has 0 aromatic heterocycles. The molecule has 1 saturated heterocycles. The van der Waals surface area contributed by atoms with Crippen LogP contribution in [0.4, 0.5) is 0 Å². The quantitative estimate of drug-likeness (QED) is 0.940. The summed E-state index contributed by atoms with van der Waals surface area (Å²) >= 11 is 0. The third kappa shape index (κ3) is 3.49. The van der Waals surface area contributed by atoms with Gasteiger partial charge in [0.05, 0.1) is 33.0 Å². The van der Waals surface area contributed by atoms with E-state index in [1.807, 2.05) is 48.5 Å². The summed E-state index contributed by atoms with van der Waals surface area (Å²) in [5, 5.41) is 10.3. The lowest BCUT2D eigenvalue weighted by molar-refractivity contribution is -0.0698. The number of rotatable bonds is 4. The number of aliphatic hydroxyl groups is 1. The molecule has 0 aliphatic carbocycles. The monoisotopic (exact) mass is 314 g/mol. The molecular weight excluding hydrogens is 292 g/mol. The smallest absolute Gasteiger partial charge is 0.118 e. The molecule has 4 heteroatoms. The molecule has 0 bridgehead atoms. The summed E-state index contributed by atoms with van der Waals surface area (Å²) in [5.74, 6) is 1.71. The van der Waals surface area contributed by atoms with Crippen molar-refractivity contribution in [3.05, 3.63) is 59.7 Å². The Morgan fingerprint density at radius 3 is 1.91 bits per heavy atom. The van der Waals surface area contributed by atoms with Gasteiger partial charge in [-0.25, -0.2) is 0 Å². The predicted octanol–water partition coefficient (Wildman–Crippen LogP) is 3.31. The molecule has 1 aliphatic rings. The Morgan fingerprint density at radius 2 is 1.39 bits per heavy atom. The van der Waals surface area contributed by atoms with Crippen LogP contribution in [0.1, 0.15) is 29.6 Å². The van der Waals surface area contributed by atoms with E-state index >= 15 is 0 Å². The van der Waals surface area contributed by atoms with Crippen molar-refractivity contribution >= 4 is 0 Å². The Morgan fingerprint density at radius 1 is 0.870 bits per heavy atom. The molecule has 23 heavy (non-hydrogen) atoms. The zero-order valence-corrected chi connectivity index (χ0v) is 13.4. The maximum Gasteiger partial charge on any atom is 0.118 e. The fraction of sp³-hybridized carbons (Fsp3) is 0.368. The highest BCUT2D eigenvalue weighted by Gasteiger charge is 2.31. The van der Waals surface area contributed by atoms with E-state index in [0.29, 0.717) is 6.61 Å². The molecule has 2 aromatic rings. The van der Waals surface area contributed by atoms with Crippen molar-refractivity contribution in [1.82, 2.24) is 0 Å². The van der Waals surface area contributed by atoms with Gasteiger partial charge in [-0.1, -0.05) is 24.3 Å². The van der Waals surface area contributed by atoms with E-state index in [9.17, 15) is 5.11 Å². The standard InChI is InChI=1S/C19H22O4/c1-21-15-7-3-13(4-8-15)17-11-19(23-12-18(17)20)14-5-9-16(22-2)10-6-14/h3-10,17-20H,11-12H2,1-2H3/t17-,18+,19+/m0/s1. The van der Waals surface area contributed by atoms with Gasteiger partial charge in [-0.3, -0.25) is 0 Å². The van der Waals surface area contributed by atoms with Crippen LogP contribution in [0, 0.1) is 0 Å². The minimum absolute atomic E-state index is 0.0172. The van der Waals surface area contributed by atoms with Gasteiger partial charge in [0.2, 0.25) is 0 Å². The molecular formula is C19H22O4. The Kier molecular flexibility index (Phi) is 4.84. The zero-order valence-electron chi connectivity index (χ0n) is 13.4. The van der Waals surface area contributed by atoms with Gasteiger partial charge in [0, 0.05) is 5.92 Å². The molecule has 1 N–H and O–H groups in total. The number of hydrogen-bond acceptors (Lipinski definition) is 4. The molecule has 4 nitrogen and oxygen atoms in total. The highest BCUT2D eigenvalue weighted by molar-refractivity contribution is 5.32. The van der Waals surface area contributed by atoms with Crippen LogP contribution in [0.5, 0.6) is 11.5 Å². The Labute approximate surface area is 136 Å². The van der Waals surface area contributed by atoms with Crippen LogP contribution in [0.25, 0.3) is 0 Å². The van der Waals surface area contributed by atoms with E-state index in [-0.39, 0.29) is 12.0 Å². The van der Waals surface area contributed by atoms with Crippen molar-refractivity contribution in [3.8, 4) is 11.5 Å². The van der Waals surface area contributed by atoms with Gasteiger partial charge in [0.1, 0.15) is 11.5 Å². The van der Waals surface area contributed by atoms with Gasteiger partial charge < -0.3 is 19.3 Å². The number of hydrogen-bond donors (Lipinski definition) is 1. The van der Waals surface area contributed by atoms with Gasteiger partial charge in [-0.15, -0.1) is 0 Å². The van der Waals surface area contributed by atoms with Crippen molar-refractivity contribution in [2.75, 3.05) is 20.8 Å². The molecule has 3 atom stereocenters. The largest absolute Gasteiger partial charge is 0.497 e. The minimum Gasteiger partial charge on any atom is -0.497 e. The Balaban J connectivity index is 1.77. The van der Waals surface area contributed by atoms with E-state index in [4.69, 9.17) is 14.2 Å². The van der Waals surface area contributed by atoms with Gasteiger partial charge >= 0.3 is 0 Å². The van der Waals surface area contributed by atoms with Crippen LogP contribution in [0.15, 0.2) is 48.5 Å². The Hall–Kier alpha value is -2.04. The summed E-state index contributed by atoms with van der Waals surface area (Å²) in [7, 11) is 3.31. The van der Waals surface area contributed by atoms with Crippen molar-refractivity contribution < 1.29 is 19.3 Å². The van der Waals surface area contributed by atoms with Crippen molar-refractivity contribution in [3.63, 3.8) is 0 Å². The van der Waals surface area contributed by atoms with Crippen molar-refractivity contribution in [2.45, 2.75) is 24.5 Å². The summed E-state index contributed by atoms with van der Waals surface area (Å²) in [6.07, 6.45) is 0.245. The lowest BCUT2D eigenvalue weighted by Crippen LogP contribution is -2.32. The number of ether oxygens (including phenoxy) is 3. The first-order valence-electron chi connectivity index (χ1n) is 7.79. The third-order valence-corrected chi connectivity index (χ3v) is 4.43. The van der Waals surface area contributed by atoms with E-state index in [0.717, 1.165) is 29.0 Å². The summed E-state index contributed by atoms with van der Waals surface area (Å²) in [6.45, 7) is 0.341. The topological polar surface area (TPSA) is 47.9 Å². The first kappa shape index (κ1) is 15.8. The van der Waals surface area contributed by atoms with E-state index in [2.05, 4.69) is 0 Å². The number of aliphatic hydroxyl groups excluding tert-OH is 1. The molecule has 1 aliphatic heterocycles. The second-order valence-electron chi connectivity index (χ2n) is 5.78. The van der Waals surface area contributed by atoms with Crippen LogP contribution in [-0.4, -0.2) is 32.0 Å². The number of benzene rings is 2. The molecule has 0 unspecified atom stereocenters. The maximum atomic E-state index is 10.3. The molecule has 1 fully saturated rings. The van der Waals surface area contributed by atoms with Crippen LogP contribution >= 0.6 is 0 Å². The van der Waals surface area contributed by atoms with E-state index < -0.39 is 6.10 Å². The highest BCUT2D eigenvalue weighted by Crippen LogP contribution is 2.38. The second kappa shape index (κ2) is 7.02. The fourth-order valence-electron chi connectivity index (χ4n) is 3.05.